The van der Waals surface area contributed by atoms with Gasteiger partial charge in [0.15, 0.2) is 17.6 Å². The monoisotopic (exact) mass is 361 g/mol. The Hall–Kier alpha value is -1.70. The summed E-state index contributed by atoms with van der Waals surface area (Å²) in [7, 11) is -1.39. The number of aliphatic imine (C=N–C) groups is 1. The molecular weight excluding hydrogens is 336 g/mol. The SMILES string of the molecule is CN=C(NCC(C)c1ccc(F)c(F)c1)NC(C)CCS(C)(=O)=O. The molecular formula is C16H25F2N3O2S. The van der Waals surface area contributed by atoms with Crippen molar-refractivity contribution in [1.82, 2.24) is 10.6 Å². The molecule has 0 aliphatic heterocycles. The third-order valence-electron chi connectivity index (χ3n) is 3.62. The molecule has 2 N–H and O–H groups in total. The van der Waals surface area contributed by atoms with Gasteiger partial charge in [0.25, 0.3) is 0 Å². The van der Waals surface area contributed by atoms with Crippen LogP contribution in [0, 0.1) is 11.6 Å². The van der Waals surface area contributed by atoms with Gasteiger partial charge in [-0.1, -0.05) is 13.0 Å². The highest BCUT2D eigenvalue weighted by Gasteiger charge is 2.12. The molecule has 24 heavy (non-hydrogen) atoms. The summed E-state index contributed by atoms with van der Waals surface area (Å²) in [6, 6.07) is 3.79. The number of hydrogen-bond donors (Lipinski definition) is 2. The van der Waals surface area contributed by atoms with Crippen LogP contribution in [-0.2, 0) is 9.84 Å². The minimum Gasteiger partial charge on any atom is -0.356 e. The van der Waals surface area contributed by atoms with E-state index in [9.17, 15) is 17.2 Å². The summed E-state index contributed by atoms with van der Waals surface area (Å²) in [4.78, 5) is 4.08. The maximum atomic E-state index is 13.3. The molecule has 5 nitrogen and oxygen atoms in total. The van der Waals surface area contributed by atoms with Crippen molar-refractivity contribution in [3.05, 3.63) is 35.4 Å². The van der Waals surface area contributed by atoms with Crippen molar-refractivity contribution in [3.63, 3.8) is 0 Å². The van der Waals surface area contributed by atoms with E-state index in [1.165, 1.54) is 12.3 Å². The highest BCUT2D eigenvalue weighted by atomic mass is 32.2. The minimum absolute atomic E-state index is 0.0509. The first-order valence-corrected chi connectivity index (χ1v) is 9.78. The molecule has 0 saturated heterocycles. The fourth-order valence-electron chi connectivity index (χ4n) is 2.08. The molecule has 136 valence electrons. The molecule has 0 spiro atoms. The molecule has 1 rings (SSSR count). The van der Waals surface area contributed by atoms with E-state index in [1.807, 2.05) is 13.8 Å². The molecule has 0 amide bonds. The molecule has 0 aliphatic carbocycles. The fourth-order valence-corrected chi connectivity index (χ4v) is 2.86. The summed E-state index contributed by atoms with van der Waals surface area (Å²) < 4.78 is 48.6. The smallest absolute Gasteiger partial charge is 0.191 e. The van der Waals surface area contributed by atoms with Crippen LogP contribution in [0.3, 0.4) is 0 Å². The van der Waals surface area contributed by atoms with E-state index in [-0.39, 0.29) is 17.7 Å². The Morgan fingerprint density at radius 2 is 1.92 bits per heavy atom. The third kappa shape index (κ3) is 7.25. The summed E-state index contributed by atoms with van der Waals surface area (Å²) in [5, 5.41) is 6.21. The average Bonchev–Trinajstić information content (AvgIpc) is 2.51. The Kier molecular flexibility index (Phi) is 7.59. The number of nitrogens with one attached hydrogen (secondary N) is 2. The maximum Gasteiger partial charge on any atom is 0.191 e. The van der Waals surface area contributed by atoms with Gasteiger partial charge in [0.1, 0.15) is 9.84 Å². The van der Waals surface area contributed by atoms with Gasteiger partial charge in [-0.3, -0.25) is 4.99 Å². The topological polar surface area (TPSA) is 70.6 Å². The molecule has 2 unspecified atom stereocenters. The molecule has 0 bridgehead atoms. The molecule has 8 heteroatoms. The predicted octanol–water partition coefficient (Wildman–Crippen LogP) is 2.06. The molecule has 0 fully saturated rings. The van der Waals surface area contributed by atoms with Crippen LogP contribution < -0.4 is 10.6 Å². The van der Waals surface area contributed by atoms with Gasteiger partial charge in [-0.05, 0) is 37.0 Å². The van der Waals surface area contributed by atoms with Gasteiger partial charge in [0.05, 0.1) is 5.75 Å². The average molecular weight is 361 g/mol. The molecule has 0 aromatic heterocycles. The number of benzene rings is 1. The van der Waals surface area contributed by atoms with E-state index >= 15 is 0 Å². The van der Waals surface area contributed by atoms with Gasteiger partial charge in [-0.25, -0.2) is 17.2 Å². The molecule has 1 aromatic carbocycles. The lowest BCUT2D eigenvalue weighted by Crippen LogP contribution is -2.43. The number of sulfone groups is 1. The highest BCUT2D eigenvalue weighted by Crippen LogP contribution is 2.17. The highest BCUT2D eigenvalue weighted by molar-refractivity contribution is 7.90. The molecule has 0 heterocycles. The van der Waals surface area contributed by atoms with Crippen LogP contribution in [0.15, 0.2) is 23.2 Å². The molecule has 0 saturated carbocycles. The summed E-state index contributed by atoms with van der Waals surface area (Å²) in [5.74, 6) is -1.15. The van der Waals surface area contributed by atoms with Crippen LogP contribution in [0.25, 0.3) is 0 Å². The molecule has 1 aromatic rings. The van der Waals surface area contributed by atoms with Gasteiger partial charge in [-0.2, -0.15) is 0 Å². The van der Waals surface area contributed by atoms with Crippen molar-refractivity contribution in [2.24, 2.45) is 4.99 Å². The van der Waals surface area contributed by atoms with Gasteiger partial charge in [-0.15, -0.1) is 0 Å². The first kappa shape index (κ1) is 20.3. The lowest BCUT2D eigenvalue weighted by molar-refractivity contribution is 0.505. The molecule has 0 radical (unpaired) electrons. The predicted molar refractivity (Wildman–Crippen MR) is 93.1 cm³/mol. The van der Waals surface area contributed by atoms with Gasteiger partial charge >= 0.3 is 0 Å². The molecule has 2 atom stereocenters. The van der Waals surface area contributed by atoms with E-state index in [0.717, 1.165) is 6.07 Å². The van der Waals surface area contributed by atoms with E-state index < -0.39 is 21.5 Å². The Bertz CT molecular complexity index is 678. The van der Waals surface area contributed by atoms with Crippen LogP contribution in [-0.4, -0.2) is 46.0 Å². The van der Waals surface area contributed by atoms with Crippen molar-refractivity contribution in [2.75, 3.05) is 25.6 Å². The number of rotatable bonds is 7. The zero-order valence-corrected chi connectivity index (χ0v) is 15.3. The first-order chi connectivity index (χ1) is 11.1. The van der Waals surface area contributed by atoms with E-state index in [0.29, 0.717) is 24.5 Å². The van der Waals surface area contributed by atoms with Crippen LogP contribution in [0.1, 0.15) is 31.7 Å². The lowest BCUT2D eigenvalue weighted by Gasteiger charge is -2.20. The van der Waals surface area contributed by atoms with Crippen molar-refractivity contribution >= 4 is 15.8 Å². The van der Waals surface area contributed by atoms with Crippen LogP contribution in [0.5, 0.6) is 0 Å². The standard InChI is InChI=1S/C16H25F2N3O2S/c1-11(13-5-6-14(17)15(18)9-13)10-20-16(19-3)21-12(2)7-8-24(4,22)23/h5-6,9,11-12H,7-8,10H2,1-4H3,(H2,19,20,21). The second-order valence-corrected chi connectivity index (χ2v) is 8.25. The van der Waals surface area contributed by atoms with Crippen LogP contribution in [0.4, 0.5) is 8.78 Å². The maximum absolute atomic E-state index is 13.3. The number of hydrogen-bond acceptors (Lipinski definition) is 3. The van der Waals surface area contributed by atoms with Crippen molar-refractivity contribution in [3.8, 4) is 0 Å². The summed E-state index contributed by atoms with van der Waals surface area (Å²) in [6.07, 6.45) is 1.68. The largest absolute Gasteiger partial charge is 0.356 e. The summed E-state index contributed by atoms with van der Waals surface area (Å²) in [5.41, 5.74) is 0.682. The van der Waals surface area contributed by atoms with E-state index in [2.05, 4.69) is 15.6 Å². The quantitative estimate of drug-likeness (QED) is 0.576. The van der Waals surface area contributed by atoms with E-state index in [1.54, 1.807) is 13.1 Å². The molecule has 0 aliphatic rings. The number of guanidine groups is 1. The van der Waals surface area contributed by atoms with Gasteiger partial charge < -0.3 is 10.6 Å². The summed E-state index contributed by atoms with van der Waals surface area (Å²) >= 11 is 0. The minimum atomic E-state index is -3.00. The normalized spacial score (nSPS) is 15.0. The summed E-state index contributed by atoms with van der Waals surface area (Å²) in [6.45, 7) is 4.24. The van der Waals surface area contributed by atoms with Crippen molar-refractivity contribution in [2.45, 2.75) is 32.2 Å². The second-order valence-electron chi connectivity index (χ2n) is 5.99. The Balaban J connectivity index is 2.52. The zero-order valence-electron chi connectivity index (χ0n) is 14.4. The Morgan fingerprint density at radius 1 is 1.25 bits per heavy atom. The first-order valence-electron chi connectivity index (χ1n) is 7.72. The van der Waals surface area contributed by atoms with Gasteiger partial charge in [0, 0.05) is 25.9 Å². The van der Waals surface area contributed by atoms with Gasteiger partial charge in [0.2, 0.25) is 0 Å². The Morgan fingerprint density at radius 3 is 2.46 bits per heavy atom. The van der Waals surface area contributed by atoms with Crippen molar-refractivity contribution in [1.29, 1.82) is 0 Å². The third-order valence-corrected chi connectivity index (χ3v) is 4.59. The number of nitrogens with zero attached hydrogens (tertiary/aromatic N) is 1. The fraction of sp³-hybridized carbons (Fsp3) is 0.562. The van der Waals surface area contributed by atoms with E-state index in [4.69, 9.17) is 0 Å². The second kappa shape index (κ2) is 8.96. The van der Waals surface area contributed by atoms with Crippen LogP contribution in [0.2, 0.25) is 0 Å². The number of halogens is 2. The van der Waals surface area contributed by atoms with Crippen LogP contribution >= 0.6 is 0 Å². The lowest BCUT2D eigenvalue weighted by atomic mass is 10.0. The van der Waals surface area contributed by atoms with Crippen molar-refractivity contribution < 1.29 is 17.2 Å². The zero-order chi connectivity index (χ0) is 18.3. The Labute approximate surface area is 142 Å².